The number of aryl methyl sites for hydroxylation is 1. The lowest BCUT2D eigenvalue weighted by atomic mass is 9.80. The zero-order chi connectivity index (χ0) is 19.8. The van der Waals surface area contributed by atoms with E-state index in [1.54, 1.807) is 11.8 Å². The zero-order valence-corrected chi connectivity index (χ0v) is 18.1. The monoisotopic (exact) mass is 408 g/mol. The first-order valence-electron chi connectivity index (χ1n) is 10.8. The van der Waals surface area contributed by atoms with Gasteiger partial charge < -0.3 is 10.1 Å². The first kappa shape index (κ1) is 21.9. The Balaban J connectivity index is 1.43. The quantitative estimate of drug-likeness (QED) is 0.614. The summed E-state index contributed by atoms with van der Waals surface area (Å²) in [4.78, 5) is 0. The standard InChI is InChI=1S/C22H36N2O3S/c1-3-17-7-4-5-8-20(17)18-10-12-19(13-11-18)26-15-22-21(9-6-14-23-22)24-16-27-28(2)25/h4-5,7-8,18-19,21-24H,3,6,9-16H2,1-2H3/t18-,19+,21-,22-,28?/m0/s1. The molecule has 3 atom stereocenters. The minimum absolute atomic E-state index is 0.293. The van der Waals surface area contributed by atoms with Gasteiger partial charge in [0.15, 0.2) is 11.1 Å². The Kier molecular flexibility index (Phi) is 8.93. The van der Waals surface area contributed by atoms with Gasteiger partial charge in [0, 0.05) is 18.3 Å². The molecule has 1 aromatic carbocycles. The molecule has 0 spiro atoms. The van der Waals surface area contributed by atoms with Gasteiger partial charge in [-0.1, -0.05) is 31.2 Å². The maximum Gasteiger partial charge on any atom is 0.153 e. The topological polar surface area (TPSA) is 59.6 Å². The lowest BCUT2D eigenvalue weighted by Gasteiger charge is -2.35. The molecule has 1 saturated carbocycles. The molecule has 6 heteroatoms. The van der Waals surface area contributed by atoms with E-state index in [0.717, 1.165) is 45.3 Å². The van der Waals surface area contributed by atoms with Crippen molar-refractivity contribution in [3.8, 4) is 0 Å². The lowest BCUT2D eigenvalue weighted by Crippen LogP contribution is -2.54. The summed E-state index contributed by atoms with van der Waals surface area (Å²) >= 11 is -1.22. The smallest absolute Gasteiger partial charge is 0.153 e. The molecule has 0 radical (unpaired) electrons. The fraction of sp³-hybridized carbons (Fsp3) is 0.727. The van der Waals surface area contributed by atoms with Crippen LogP contribution in [0.2, 0.25) is 0 Å². The molecule has 1 saturated heterocycles. The predicted molar refractivity (Wildman–Crippen MR) is 115 cm³/mol. The van der Waals surface area contributed by atoms with Crippen LogP contribution in [0.5, 0.6) is 0 Å². The van der Waals surface area contributed by atoms with Gasteiger partial charge in [-0.3, -0.25) is 9.50 Å². The molecule has 2 N–H and O–H groups in total. The second-order valence-corrected chi connectivity index (χ2v) is 9.07. The van der Waals surface area contributed by atoms with Gasteiger partial charge in [0.05, 0.1) is 12.7 Å². The van der Waals surface area contributed by atoms with Crippen molar-refractivity contribution in [1.82, 2.24) is 10.6 Å². The molecule has 158 valence electrons. The van der Waals surface area contributed by atoms with Crippen molar-refractivity contribution >= 4 is 11.1 Å². The first-order chi connectivity index (χ1) is 13.7. The van der Waals surface area contributed by atoms with Crippen molar-refractivity contribution in [2.24, 2.45) is 0 Å². The summed E-state index contributed by atoms with van der Waals surface area (Å²) in [6.07, 6.45) is 10.0. The highest BCUT2D eigenvalue weighted by molar-refractivity contribution is 7.79. The second kappa shape index (κ2) is 11.4. The van der Waals surface area contributed by atoms with Crippen LogP contribution in [0.4, 0.5) is 0 Å². The summed E-state index contributed by atoms with van der Waals surface area (Å²) in [5.74, 6) is 0.685. The fourth-order valence-electron chi connectivity index (χ4n) is 4.63. The van der Waals surface area contributed by atoms with Crippen molar-refractivity contribution in [3.05, 3.63) is 35.4 Å². The Morgan fingerprint density at radius 1 is 1.18 bits per heavy atom. The van der Waals surface area contributed by atoms with Gasteiger partial charge >= 0.3 is 0 Å². The molecule has 0 bridgehead atoms. The molecule has 1 aliphatic heterocycles. The van der Waals surface area contributed by atoms with E-state index in [1.807, 2.05) is 0 Å². The highest BCUT2D eigenvalue weighted by Gasteiger charge is 2.28. The Hall–Kier alpha value is -0.790. The molecule has 1 aliphatic carbocycles. The van der Waals surface area contributed by atoms with Crippen LogP contribution in [-0.4, -0.2) is 48.5 Å². The number of benzene rings is 1. The molecule has 5 nitrogen and oxygen atoms in total. The Labute approximate surface area is 172 Å². The van der Waals surface area contributed by atoms with Crippen molar-refractivity contribution in [3.63, 3.8) is 0 Å². The molecule has 1 heterocycles. The van der Waals surface area contributed by atoms with E-state index >= 15 is 0 Å². The second-order valence-electron chi connectivity index (χ2n) is 8.04. The van der Waals surface area contributed by atoms with Gasteiger partial charge in [0.25, 0.3) is 0 Å². The van der Waals surface area contributed by atoms with Gasteiger partial charge in [-0.2, -0.15) is 0 Å². The molecule has 0 aromatic heterocycles. The number of nitrogens with one attached hydrogen (secondary N) is 2. The van der Waals surface area contributed by atoms with E-state index in [2.05, 4.69) is 41.8 Å². The number of ether oxygens (including phenoxy) is 1. The highest BCUT2D eigenvalue weighted by Crippen LogP contribution is 2.35. The summed E-state index contributed by atoms with van der Waals surface area (Å²) in [6, 6.07) is 9.53. The zero-order valence-electron chi connectivity index (χ0n) is 17.3. The summed E-state index contributed by atoms with van der Waals surface area (Å²) in [7, 11) is 0. The SMILES string of the molecule is CCc1ccccc1[C@H]1CC[C@@H](OC[C@@H]2NCCC[C@@H]2NCOS(C)=O)CC1. The van der Waals surface area contributed by atoms with Gasteiger partial charge in [0.1, 0.15) is 6.73 Å². The third-order valence-corrected chi connectivity index (χ3v) is 6.67. The van der Waals surface area contributed by atoms with Crippen molar-refractivity contribution in [2.75, 3.05) is 26.1 Å². The summed E-state index contributed by atoms with van der Waals surface area (Å²) < 4.78 is 22.5. The third kappa shape index (κ3) is 6.36. The van der Waals surface area contributed by atoms with Crippen LogP contribution in [0.15, 0.2) is 24.3 Å². The van der Waals surface area contributed by atoms with Crippen LogP contribution in [0.1, 0.15) is 62.5 Å². The largest absolute Gasteiger partial charge is 0.377 e. The number of piperidine rings is 1. The van der Waals surface area contributed by atoms with Crippen LogP contribution >= 0.6 is 0 Å². The third-order valence-electron chi connectivity index (χ3n) is 6.22. The fourth-order valence-corrected chi connectivity index (χ4v) is 4.87. The van der Waals surface area contributed by atoms with Crippen molar-refractivity contribution in [2.45, 2.75) is 76.0 Å². The van der Waals surface area contributed by atoms with E-state index < -0.39 is 11.1 Å². The normalized spacial score (nSPS) is 29.5. The summed E-state index contributed by atoms with van der Waals surface area (Å²) in [5, 5.41) is 6.95. The van der Waals surface area contributed by atoms with Crippen LogP contribution in [0.25, 0.3) is 0 Å². The lowest BCUT2D eigenvalue weighted by molar-refractivity contribution is 0.00260. The van der Waals surface area contributed by atoms with E-state index in [9.17, 15) is 4.21 Å². The van der Waals surface area contributed by atoms with Crippen molar-refractivity contribution < 1.29 is 13.1 Å². The average molecular weight is 409 g/mol. The number of hydrogen-bond donors (Lipinski definition) is 2. The van der Waals surface area contributed by atoms with Gasteiger partial charge in [-0.25, -0.2) is 4.21 Å². The molecule has 3 rings (SSSR count). The first-order valence-corrected chi connectivity index (χ1v) is 12.3. The molecule has 0 amide bonds. The molecule has 2 fully saturated rings. The molecule has 1 aromatic rings. The Bertz CT molecular complexity index is 620. The number of hydrogen-bond acceptors (Lipinski definition) is 5. The van der Waals surface area contributed by atoms with Crippen LogP contribution in [0, 0.1) is 0 Å². The van der Waals surface area contributed by atoms with Gasteiger partial charge in [-0.15, -0.1) is 0 Å². The summed E-state index contributed by atoms with van der Waals surface area (Å²) in [6.45, 7) is 4.34. The average Bonchev–Trinajstić information content (AvgIpc) is 2.73. The minimum atomic E-state index is -1.22. The molecule has 1 unspecified atom stereocenters. The van der Waals surface area contributed by atoms with E-state index in [4.69, 9.17) is 8.92 Å². The Morgan fingerprint density at radius 3 is 2.71 bits per heavy atom. The maximum absolute atomic E-state index is 11.1. The molecule has 28 heavy (non-hydrogen) atoms. The van der Waals surface area contributed by atoms with E-state index in [0.29, 0.717) is 30.8 Å². The minimum Gasteiger partial charge on any atom is -0.377 e. The van der Waals surface area contributed by atoms with E-state index in [-0.39, 0.29) is 0 Å². The highest BCUT2D eigenvalue weighted by atomic mass is 32.2. The molecular weight excluding hydrogens is 372 g/mol. The molecule has 2 aliphatic rings. The molecular formula is C22H36N2O3S. The van der Waals surface area contributed by atoms with Crippen LogP contribution in [0.3, 0.4) is 0 Å². The van der Waals surface area contributed by atoms with Crippen LogP contribution < -0.4 is 10.6 Å². The van der Waals surface area contributed by atoms with Crippen molar-refractivity contribution in [1.29, 1.82) is 0 Å². The van der Waals surface area contributed by atoms with Gasteiger partial charge in [0.2, 0.25) is 0 Å². The van der Waals surface area contributed by atoms with Gasteiger partial charge in [-0.05, 0) is 68.5 Å². The Morgan fingerprint density at radius 2 is 1.96 bits per heavy atom. The predicted octanol–water partition coefficient (Wildman–Crippen LogP) is 3.27. The maximum atomic E-state index is 11.1. The summed E-state index contributed by atoms with van der Waals surface area (Å²) in [5.41, 5.74) is 3.05. The van der Waals surface area contributed by atoms with E-state index in [1.165, 1.54) is 18.4 Å². The number of rotatable bonds is 9. The van der Waals surface area contributed by atoms with Crippen LogP contribution in [-0.2, 0) is 26.4 Å².